The molecule has 0 bridgehead atoms. The van der Waals surface area contributed by atoms with Crippen molar-refractivity contribution < 1.29 is 18.7 Å². The second kappa shape index (κ2) is 8.22. The number of aryl methyl sites for hydroxylation is 1. The van der Waals surface area contributed by atoms with E-state index in [2.05, 4.69) is 15.5 Å². The highest BCUT2D eigenvalue weighted by atomic mass is 19.3. The van der Waals surface area contributed by atoms with Crippen LogP contribution in [0.2, 0.25) is 0 Å². The summed E-state index contributed by atoms with van der Waals surface area (Å²) in [5.74, 6) is 0.525. The van der Waals surface area contributed by atoms with Gasteiger partial charge in [-0.15, -0.1) is 10.2 Å². The van der Waals surface area contributed by atoms with Crippen molar-refractivity contribution in [2.75, 3.05) is 18.4 Å². The molecule has 2 N–H and O–H groups in total. The lowest BCUT2D eigenvalue weighted by Gasteiger charge is -2.31. The lowest BCUT2D eigenvalue weighted by atomic mass is 9.98. The van der Waals surface area contributed by atoms with Crippen LogP contribution in [0, 0.1) is 6.92 Å². The standard InChI is InChI=1S/C22H22F2N4O2/c1-13-8-9-16(18(11-13)20(23)24)19-15-6-2-3-7-17(15)21(27-26-19)25-14-5-4-10-28(12-14)22(29)30/h2-3,6-9,11,14,20H,4-5,10,12H2,1H3,(H,25,27)(H,29,30)/t14-/m1/s1. The first-order valence-electron chi connectivity index (χ1n) is 9.83. The van der Waals surface area contributed by atoms with Gasteiger partial charge in [-0.05, 0) is 25.8 Å². The molecule has 1 saturated heterocycles. The van der Waals surface area contributed by atoms with Crippen LogP contribution in [0.4, 0.5) is 19.4 Å². The molecule has 1 aliphatic heterocycles. The van der Waals surface area contributed by atoms with Crippen LogP contribution < -0.4 is 5.32 Å². The molecular formula is C22H22F2N4O2. The summed E-state index contributed by atoms with van der Waals surface area (Å²) in [5.41, 5.74) is 1.45. The Morgan fingerprint density at radius 1 is 1.20 bits per heavy atom. The van der Waals surface area contributed by atoms with E-state index in [0.717, 1.165) is 23.8 Å². The monoisotopic (exact) mass is 412 g/mol. The zero-order valence-electron chi connectivity index (χ0n) is 16.5. The number of benzene rings is 2. The maximum Gasteiger partial charge on any atom is 0.407 e. The normalized spacial score (nSPS) is 16.8. The summed E-state index contributed by atoms with van der Waals surface area (Å²) in [6.45, 7) is 2.65. The van der Waals surface area contributed by atoms with Crippen LogP contribution in [-0.4, -0.2) is 45.4 Å². The van der Waals surface area contributed by atoms with Gasteiger partial charge in [0.1, 0.15) is 5.69 Å². The second-order valence-corrected chi connectivity index (χ2v) is 7.55. The molecule has 0 unspecified atom stereocenters. The maximum absolute atomic E-state index is 13.7. The van der Waals surface area contributed by atoms with E-state index < -0.39 is 12.5 Å². The van der Waals surface area contributed by atoms with Crippen molar-refractivity contribution in [1.29, 1.82) is 0 Å². The van der Waals surface area contributed by atoms with E-state index in [4.69, 9.17) is 0 Å². The molecule has 156 valence electrons. The highest BCUT2D eigenvalue weighted by Gasteiger charge is 2.25. The van der Waals surface area contributed by atoms with Gasteiger partial charge in [0.25, 0.3) is 6.43 Å². The zero-order chi connectivity index (χ0) is 21.3. The summed E-state index contributed by atoms with van der Waals surface area (Å²) in [6.07, 6.45) is -1.99. The summed E-state index contributed by atoms with van der Waals surface area (Å²) in [6, 6.07) is 12.2. The van der Waals surface area contributed by atoms with E-state index in [1.807, 2.05) is 24.3 Å². The van der Waals surface area contributed by atoms with E-state index in [1.165, 1.54) is 11.0 Å². The van der Waals surface area contributed by atoms with Crippen LogP contribution in [0.25, 0.3) is 22.0 Å². The predicted molar refractivity (Wildman–Crippen MR) is 111 cm³/mol. The Hall–Kier alpha value is -3.29. The summed E-state index contributed by atoms with van der Waals surface area (Å²) >= 11 is 0. The first-order valence-corrected chi connectivity index (χ1v) is 9.83. The van der Waals surface area contributed by atoms with Crippen LogP contribution in [0.5, 0.6) is 0 Å². The fourth-order valence-corrected chi connectivity index (χ4v) is 3.95. The Morgan fingerprint density at radius 3 is 2.70 bits per heavy atom. The third kappa shape index (κ3) is 3.90. The van der Waals surface area contributed by atoms with Crippen LogP contribution in [-0.2, 0) is 0 Å². The molecule has 2 heterocycles. The molecule has 2 aromatic carbocycles. The number of alkyl halides is 2. The highest BCUT2D eigenvalue weighted by molar-refractivity contribution is 6.00. The molecule has 0 radical (unpaired) electrons. The lowest BCUT2D eigenvalue weighted by molar-refractivity contribution is 0.132. The first kappa shape index (κ1) is 20.0. The fraction of sp³-hybridized carbons (Fsp3) is 0.318. The number of amides is 1. The number of fused-ring (bicyclic) bond motifs is 1. The zero-order valence-corrected chi connectivity index (χ0v) is 16.5. The number of hydrogen-bond donors (Lipinski definition) is 2. The average Bonchev–Trinajstić information content (AvgIpc) is 2.74. The van der Waals surface area contributed by atoms with Gasteiger partial charge in [0.2, 0.25) is 0 Å². The van der Waals surface area contributed by atoms with Gasteiger partial charge >= 0.3 is 6.09 Å². The van der Waals surface area contributed by atoms with Gasteiger partial charge in [0.05, 0.1) is 0 Å². The summed E-state index contributed by atoms with van der Waals surface area (Å²) in [5, 5.41) is 22.6. The van der Waals surface area contributed by atoms with Gasteiger partial charge < -0.3 is 15.3 Å². The van der Waals surface area contributed by atoms with Gasteiger partial charge in [0, 0.05) is 41.0 Å². The van der Waals surface area contributed by atoms with Crippen LogP contribution in [0.15, 0.2) is 42.5 Å². The van der Waals surface area contributed by atoms with E-state index in [9.17, 15) is 18.7 Å². The molecule has 1 aliphatic rings. The van der Waals surface area contributed by atoms with Gasteiger partial charge in [0.15, 0.2) is 5.82 Å². The number of halogens is 2. The maximum atomic E-state index is 13.7. The number of aromatic nitrogens is 2. The largest absolute Gasteiger partial charge is 0.465 e. The van der Waals surface area contributed by atoms with Gasteiger partial charge in [-0.25, -0.2) is 13.6 Å². The number of carbonyl (C=O) groups is 1. The summed E-state index contributed by atoms with van der Waals surface area (Å²) < 4.78 is 27.3. The minimum absolute atomic E-state index is 0.0699. The molecule has 1 fully saturated rings. The van der Waals surface area contributed by atoms with Crippen molar-refractivity contribution in [2.45, 2.75) is 32.2 Å². The Balaban J connectivity index is 1.74. The molecule has 8 heteroatoms. The SMILES string of the molecule is Cc1ccc(-c2nnc(N[C@@H]3CCCN(C(=O)O)C3)c3ccccc23)c(C(F)F)c1. The van der Waals surface area contributed by atoms with Crippen LogP contribution in [0.3, 0.4) is 0 Å². The highest BCUT2D eigenvalue weighted by Crippen LogP contribution is 2.36. The molecule has 0 saturated carbocycles. The lowest BCUT2D eigenvalue weighted by Crippen LogP contribution is -2.44. The third-order valence-electron chi connectivity index (χ3n) is 5.42. The van der Waals surface area contributed by atoms with Gasteiger partial charge in [-0.1, -0.05) is 42.0 Å². The van der Waals surface area contributed by atoms with Crippen molar-refractivity contribution in [3.8, 4) is 11.3 Å². The minimum Gasteiger partial charge on any atom is -0.465 e. The van der Waals surface area contributed by atoms with Gasteiger partial charge in [-0.3, -0.25) is 0 Å². The number of nitrogens with one attached hydrogen (secondary N) is 1. The Bertz CT molecular complexity index is 1090. The molecule has 0 aliphatic carbocycles. The molecular weight excluding hydrogens is 390 g/mol. The van der Waals surface area contributed by atoms with Crippen molar-refractivity contribution in [2.24, 2.45) is 0 Å². The number of likely N-dealkylation sites (tertiary alicyclic amines) is 1. The average molecular weight is 412 g/mol. The molecule has 0 spiro atoms. The van der Waals surface area contributed by atoms with E-state index in [1.54, 1.807) is 19.1 Å². The number of anilines is 1. The Labute approximate surface area is 172 Å². The summed E-state index contributed by atoms with van der Waals surface area (Å²) in [7, 11) is 0. The van der Waals surface area contributed by atoms with Crippen LogP contribution >= 0.6 is 0 Å². The predicted octanol–water partition coefficient (Wildman–Crippen LogP) is 5.10. The van der Waals surface area contributed by atoms with Crippen LogP contribution in [0.1, 0.15) is 30.4 Å². The van der Waals surface area contributed by atoms with Crippen molar-refractivity contribution in [3.63, 3.8) is 0 Å². The number of hydrogen-bond acceptors (Lipinski definition) is 4. The van der Waals surface area contributed by atoms with Gasteiger partial charge in [-0.2, -0.15) is 0 Å². The van der Waals surface area contributed by atoms with Crippen molar-refractivity contribution >= 4 is 22.7 Å². The minimum atomic E-state index is -2.62. The summed E-state index contributed by atoms with van der Waals surface area (Å²) in [4.78, 5) is 12.7. The topological polar surface area (TPSA) is 78.4 Å². The molecule has 30 heavy (non-hydrogen) atoms. The number of piperidine rings is 1. The third-order valence-corrected chi connectivity index (χ3v) is 5.42. The van der Waals surface area contributed by atoms with Crippen molar-refractivity contribution in [3.05, 3.63) is 53.6 Å². The molecule has 1 atom stereocenters. The Morgan fingerprint density at radius 2 is 1.97 bits per heavy atom. The number of rotatable bonds is 4. The van der Waals surface area contributed by atoms with E-state index >= 15 is 0 Å². The van der Waals surface area contributed by atoms with Crippen molar-refractivity contribution in [1.82, 2.24) is 15.1 Å². The number of carboxylic acid groups (broad SMARTS) is 1. The fourth-order valence-electron chi connectivity index (χ4n) is 3.95. The first-order chi connectivity index (χ1) is 14.4. The molecule has 6 nitrogen and oxygen atoms in total. The quantitative estimate of drug-likeness (QED) is 0.624. The van der Waals surface area contributed by atoms with E-state index in [0.29, 0.717) is 35.6 Å². The molecule has 1 aromatic heterocycles. The smallest absolute Gasteiger partial charge is 0.407 e. The van der Waals surface area contributed by atoms with E-state index in [-0.39, 0.29) is 11.6 Å². The molecule has 1 amide bonds. The Kier molecular flexibility index (Phi) is 5.48. The molecule has 3 aromatic rings. The molecule has 4 rings (SSSR count). The number of nitrogens with zero attached hydrogens (tertiary/aromatic N) is 3. The second-order valence-electron chi connectivity index (χ2n) is 7.55.